The number of unbranched alkanes of at least 4 members (excludes halogenated alkanes) is 14. The smallest absolute Gasteiger partial charge is 0.462 e. The van der Waals surface area contributed by atoms with E-state index in [-0.39, 0.29) is 19.4 Å². The first-order valence-corrected chi connectivity index (χ1v) is 14.9. The molecular weight excluding hydrogens is 459 g/mol. The van der Waals surface area contributed by atoms with E-state index in [1.807, 2.05) is 0 Å². The van der Waals surface area contributed by atoms with Crippen LogP contribution in [0.25, 0.3) is 0 Å². The van der Waals surface area contributed by atoms with Gasteiger partial charge in [0.05, 0.1) is 6.61 Å². The van der Waals surface area contributed by atoms with Gasteiger partial charge in [-0.15, -0.1) is 0 Å². The van der Waals surface area contributed by atoms with Crippen LogP contribution in [0.2, 0.25) is 0 Å². The van der Waals surface area contributed by atoms with Crippen molar-refractivity contribution in [1.82, 2.24) is 0 Å². The van der Waals surface area contributed by atoms with E-state index in [9.17, 15) is 14.2 Å². The van der Waals surface area contributed by atoms with Crippen LogP contribution in [0.5, 0.6) is 0 Å². The zero-order chi connectivity index (χ0) is 25.5. The quantitative estimate of drug-likeness (QED) is 0.0849. The van der Waals surface area contributed by atoms with Crippen molar-refractivity contribution in [3.63, 3.8) is 0 Å². The van der Waals surface area contributed by atoms with E-state index in [0.29, 0.717) is 6.42 Å². The topological polar surface area (TPSA) is 119 Å². The van der Waals surface area contributed by atoms with Crippen LogP contribution >= 0.6 is 7.82 Å². The van der Waals surface area contributed by atoms with Crippen molar-refractivity contribution in [3.05, 3.63) is 0 Å². The van der Waals surface area contributed by atoms with Gasteiger partial charge in [0.15, 0.2) is 6.10 Å². The van der Waals surface area contributed by atoms with E-state index in [1.54, 1.807) is 0 Å². The highest BCUT2D eigenvalue weighted by atomic mass is 31.2. The predicted molar refractivity (Wildman–Crippen MR) is 133 cm³/mol. The fraction of sp³-hybridized carbons (Fsp3) is 0.920. The molecule has 0 aromatic heterocycles. The van der Waals surface area contributed by atoms with Gasteiger partial charge < -0.3 is 19.3 Å². The Morgan fingerprint density at radius 2 is 1.06 bits per heavy atom. The lowest BCUT2D eigenvalue weighted by atomic mass is 10.1. The van der Waals surface area contributed by atoms with Crippen molar-refractivity contribution in [2.45, 2.75) is 136 Å². The van der Waals surface area contributed by atoms with Gasteiger partial charge in [0.2, 0.25) is 0 Å². The Morgan fingerprint density at radius 3 is 1.50 bits per heavy atom. The molecule has 2 N–H and O–H groups in total. The molecule has 0 aromatic carbocycles. The summed E-state index contributed by atoms with van der Waals surface area (Å²) >= 11 is 0. The Balaban J connectivity index is 4.07. The Morgan fingerprint density at radius 1 is 0.647 bits per heavy atom. The number of carbonyl (C=O) groups is 2. The van der Waals surface area contributed by atoms with Crippen LogP contribution in [0.15, 0.2) is 0 Å². The van der Waals surface area contributed by atoms with Crippen molar-refractivity contribution >= 4 is 19.8 Å². The molecule has 8 nitrogen and oxygen atoms in total. The number of phosphoric acid groups is 1. The molecule has 0 aliphatic heterocycles. The van der Waals surface area contributed by atoms with Gasteiger partial charge in [-0.2, -0.15) is 0 Å². The summed E-state index contributed by atoms with van der Waals surface area (Å²) in [4.78, 5) is 41.9. The second kappa shape index (κ2) is 22.5. The Kier molecular flexibility index (Phi) is 21.9. The summed E-state index contributed by atoms with van der Waals surface area (Å²) in [5, 5.41) is 0. The average Bonchev–Trinajstić information content (AvgIpc) is 2.78. The first-order chi connectivity index (χ1) is 16.3. The predicted octanol–water partition coefficient (Wildman–Crippen LogP) is 6.61. The maximum atomic E-state index is 12.1. The van der Waals surface area contributed by atoms with E-state index in [1.165, 1.54) is 44.9 Å². The molecule has 0 radical (unpaired) electrons. The van der Waals surface area contributed by atoms with Gasteiger partial charge >= 0.3 is 19.8 Å². The molecule has 0 fully saturated rings. The molecule has 0 aliphatic rings. The number of hydrogen-bond acceptors (Lipinski definition) is 6. The molecule has 34 heavy (non-hydrogen) atoms. The van der Waals surface area contributed by atoms with Gasteiger partial charge in [-0.3, -0.25) is 14.1 Å². The summed E-state index contributed by atoms with van der Waals surface area (Å²) in [6, 6.07) is 0. The lowest BCUT2D eigenvalue weighted by molar-refractivity contribution is -0.161. The van der Waals surface area contributed by atoms with E-state index in [2.05, 4.69) is 18.4 Å². The summed E-state index contributed by atoms with van der Waals surface area (Å²) < 4.78 is 25.9. The third kappa shape index (κ3) is 24.2. The number of phosphoric ester groups is 1. The van der Waals surface area contributed by atoms with E-state index in [4.69, 9.17) is 19.3 Å². The first-order valence-electron chi connectivity index (χ1n) is 13.3. The van der Waals surface area contributed by atoms with Crippen LogP contribution in [0.1, 0.15) is 129 Å². The molecule has 0 unspecified atom stereocenters. The van der Waals surface area contributed by atoms with Gasteiger partial charge in [-0.1, -0.05) is 104 Å². The molecule has 0 saturated heterocycles. The molecule has 202 valence electrons. The second-order valence-corrected chi connectivity index (χ2v) is 10.3. The second-order valence-electron chi connectivity index (χ2n) is 9.03. The third-order valence-electron chi connectivity index (χ3n) is 5.63. The SMILES string of the molecule is CCCCCCCCCCCCCC(=O)O[C@@H](COC(=O)CCCCCCC)COP(=O)(O)O. The molecule has 0 bridgehead atoms. The van der Waals surface area contributed by atoms with Crippen LogP contribution < -0.4 is 0 Å². The third-order valence-corrected chi connectivity index (χ3v) is 6.11. The average molecular weight is 509 g/mol. The molecule has 1 atom stereocenters. The zero-order valence-electron chi connectivity index (χ0n) is 21.5. The maximum Gasteiger partial charge on any atom is 0.469 e. The number of carbonyl (C=O) groups excluding carboxylic acids is 2. The summed E-state index contributed by atoms with van der Waals surface area (Å²) in [5.74, 6) is -0.898. The number of ether oxygens (including phenoxy) is 2. The lowest BCUT2D eigenvalue weighted by Gasteiger charge is -2.18. The van der Waals surface area contributed by atoms with E-state index in [0.717, 1.165) is 51.4 Å². The van der Waals surface area contributed by atoms with Gasteiger partial charge in [-0.05, 0) is 12.8 Å². The number of rotatable bonds is 24. The lowest BCUT2D eigenvalue weighted by Crippen LogP contribution is -2.29. The van der Waals surface area contributed by atoms with Crippen LogP contribution in [-0.4, -0.2) is 41.0 Å². The summed E-state index contributed by atoms with van der Waals surface area (Å²) in [7, 11) is -4.72. The highest BCUT2D eigenvalue weighted by molar-refractivity contribution is 7.46. The molecule has 0 spiro atoms. The van der Waals surface area contributed by atoms with Crippen LogP contribution in [0, 0.1) is 0 Å². The fourth-order valence-corrected chi connectivity index (χ4v) is 3.97. The van der Waals surface area contributed by atoms with Crippen LogP contribution in [-0.2, 0) is 28.2 Å². The van der Waals surface area contributed by atoms with Crippen LogP contribution in [0.4, 0.5) is 0 Å². The zero-order valence-corrected chi connectivity index (χ0v) is 22.4. The van der Waals surface area contributed by atoms with Gasteiger partial charge in [0.25, 0.3) is 0 Å². The van der Waals surface area contributed by atoms with Crippen molar-refractivity contribution in [2.24, 2.45) is 0 Å². The summed E-state index contributed by atoms with van der Waals surface area (Å²) in [6.45, 7) is 3.53. The monoisotopic (exact) mass is 508 g/mol. The molecule has 0 aromatic rings. The van der Waals surface area contributed by atoms with Gasteiger partial charge in [0, 0.05) is 12.8 Å². The molecule has 0 heterocycles. The number of esters is 2. The van der Waals surface area contributed by atoms with E-state index >= 15 is 0 Å². The van der Waals surface area contributed by atoms with Crippen LogP contribution in [0.3, 0.4) is 0 Å². The minimum atomic E-state index is -4.72. The molecule has 0 amide bonds. The van der Waals surface area contributed by atoms with Crippen molar-refractivity contribution in [3.8, 4) is 0 Å². The van der Waals surface area contributed by atoms with Crippen molar-refractivity contribution in [2.75, 3.05) is 13.2 Å². The largest absolute Gasteiger partial charge is 0.469 e. The maximum absolute atomic E-state index is 12.1. The van der Waals surface area contributed by atoms with Gasteiger partial charge in [-0.25, -0.2) is 4.57 Å². The highest BCUT2D eigenvalue weighted by Gasteiger charge is 2.22. The van der Waals surface area contributed by atoms with E-state index < -0.39 is 32.5 Å². The molecule has 0 aliphatic carbocycles. The first kappa shape index (κ1) is 33.0. The molecular formula is C25H49O8P. The normalized spacial score (nSPS) is 12.5. The standard InChI is InChI=1S/C25H49O8P/c1-3-5-7-9-10-11-12-13-14-16-18-20-25(27)33-23(22-32-34(28,29)30)21-31-24(26)19-17-15-8-6-4-2/h23H,3-22H2,1-2H3,(H2,28,29,30)/t23-/m0/s1. The Bertz CT molecular complexity index is 549. The molecule has 0 rings (SSSR count). The molecule has 9 heteroatoms. The minimum absolute atomic E-state index is 0.217. The van der Waals surface area contributed by atoms with Crippen molar-refractivity contribution < 1.29 is 37.9 Å². The fourth-order valence-electron chi connectivity index (χ4n) is 3.61. The Hall–Kier alpha value is -0.950. The minimum Gasteiger partial charge on any atom is -0.462 e. The highest BCUT2D eigenvalue weighted by Crippen LogP contribution is 2.35. The molecule has 0 saturated carbocycles. The summed E-state index contributed by atoms with van der Waals surface area (Å²) in [6.07, 6.45) is 17.3. The Labute approximate surface area is 206 Å². The number of hydrogen-bond donors (Lipinski definition) is 2. The van der Waals surface area contributed by atoms with Crippen molar-refractivity contribution in [1.29, 1.82) is 0 Å². The van der Waals surface area contributed by atoms with Gasteiger partial charge in [0.1, 0.15) is 6.61 Å². The summed E-state index contributed by atoms with van der Waals surface area (Å²) in [5.41, 5.74) is 0.